The first-order chi connectivity index (χ1) is 35.8. The van der Waals surface area contributed by atoms with Crippen LogP contribution in [0.4, 0.5) is 10.5 Å². The Kier molecular flexibility index (Phi) is 23.3. The highest BCUT2D eigenvalue weighted by molar-refractivity contribution is 6.05. The number of methoxy groups -OCH3 is 1. The zero-order valence-corrected chi connectivity index (χ0v) is 46.6. The molecule has 11 atom stereocenters. The second-order valence-corrected chi connectivity index (χ2v) is 21.5. The van der Waals surface area contributed by atoms with Crippen LogP contribution in [0.2, 0.25) is 0 Å². The smallest absolute Gasteiger partial charge is 0.329 e. The third-order valence-corrected chi connectivity index (χ3v) is 14.3. The number of carbonyl (C=O) groups is 9. The molecule has 20 nitrogen and oxygen atoms in total. The minimum Gasteiger partial charge on any atom is -0.497 e. The molecule has 0 bridgehead atoms. The molecule has 2 saturated heterocycles. The Bertz CT molecular complexity index is 2330. The van der Waals surface area contributed by atoms with Gasteiger partial charge in [-0.2, -0.15) is 0 Å². The number of amides is 7. The summed E-state index contributed by atoms with van der Waals surface area (Å²) in [6.45, 7) is 17.1. The van der Waals surface area contributed by atoms with Crippen LogP contribution >= 0.6 is 0 Å². The SMILES string of the molecule is CC[C@H](C)C1NC(=O)[C@@H](NC(=O)[C@@H](CC(C)C)N(C)C(=O)Nc2ccccc2)[C@@H](C)OC(=O)[C@H](Cc2ccc(OC)cc2)N(C)C(=O)C2CCCN2C(=O)[C@H](CC(C)C)NC(=O)[C@@H](C)C(=O)[C@H](C(C)C)OC(=O)C[C@@H]1O. The zero-order chi connectivity index (χ0) is 56.7. The molecule has 4 rings (SSSR count). The second-order valence-electron chi connectivity index (χ2n) is 21.5. The third kappa shape index (κ3) is 16.7. The van der Waals surface area contributed by atoms with Crippen LogP contribution < -0.4 is 26.0 Å². The van der Waals surface area contributed by atoms with E-state index < -0.39 is 132 Å². The van der Waals surface area contributed by atoms with E-state index in [1.165, 1.54) is 49.8 Å². The molecule has 0 aliphatic carbocycles. The van der Waals surface area contributed by atoms with Crippen LogP contribution in [0.15, 0.2) is 54.6 Å². The van der Waals surface area contributed by atoms with Gasteiger partial charge < -0.3 is 55.3 Å². The van der Waals surface area contributed by atoms with E-state index in [0.29, 0.717) is 29.8 Å². The van der Waals surface area contributed by atoms with Crippen molar-refractivity contribution in [2.75, 3.05) is 33.1 Å². The number of benzene rings is 2. The van der Waals surface area contributed by atoms with Gasteiger partial charge in [-0.1, -0.05) is 92.1 Å². The number of anilines is 1. The van der Waals surface area contributed by atoms with Crippen molar-refractivity contribution in [2.45, 2.75) is 169 Å². The van der Waals surface area contributed by atoms with Gasteiger partial charge in [-0.15, -0.1) is 0 Å². The molecular weight excluding hydrogens is 979 g/mol. The van der Waals surface area contributed by atoms with Crippen LogP contribution in [0.25, 0.3) is 0 Å². The molecular formula is C56H83N7O13. The molecule has 0 radical (unpaired) electrons. The predicted octanol–water partition coefficient (Wildman–Crippen LogP) is 4.65. The Morgan fingerprint density at radius 1 is 0.868 bits per heavy atom. The van der Waals surface area contributed by atoms with Gasteiger partial charge in [0.15, 0.2) is 11.9 Å². The first-order valence-electron chi connectivity index (χ1n) is 26.6. The zero-order valence-electron chi connectivity index (χ0n) is 46.6. The van der Waals surface area contributed by atoms with Crippen LogP contribution in [0.1, 0.15) is 113 Å². The summed E-state index contributed by atoms with van der Waals surface area (Å²) >= 11 is 0. The number of para-hydroxylation sites is 1. The van der Waals surface area contributed by atoms with E-state index in [2.05, 4.69) is 21.3 Å². The Hall–Kier alpha value is -6.57. The molecule has 0 saturated carbocycles. The average molecular weight is 1060 g/mol. The number of nitrogens with one attached hydrogen (secondary N) is 4. The van der Waals surface area contributed by atoms with E-state index in [1.54, 1.807) is 82.3 Å². The molecule has 7 amide bonds. The highest BCUT2D eigenvalue weighted by Crippen LogP contribution is 2.26. The normalized spacial score (nSPS) is 25.8. The lowest BCUT2D eigenvalue weighted by molar-refractivity contribution is -0.163. The van der Waals surface area contributed by atoms with Crippen LogP contribution in [-0.2, 0) is 54.3 Å². The molecule has 2 fully saturated rings. The summed E-state index contributed by atoms with van der Waals surface area (Å²) in [6, 6.07) is 7.12. The highest BCUT2D eigenvalue weighted by atomic mass is 16.6. The van der Waals surface area contributed by atoms with E-state index in [4.69, 9.17) is 14.2 Å². The van der Waals surface area contributed by atoms with Crippen LogP contribution in [0.3, 0.4) is 0 Å². The van der Waals surface area contributed by atoms with Crippen LogP contribution in [0.5, 0.6) is 5.75 Å². The molecule has 2 aromatic carbocycles. The lowest BCUT2D eigenvalue weighted by Gasteiger charge is -2.36. The van der Waals surface area contributed by atoms with Gasteiger partial charge in [-0.25, -0.2) is 9.59 Å². The van der Waals surface area contributed by atoms with Crippen LogP contribution in [0, 0.1) is 29.6 Å². The summed E-state index contributed by atoms with van der Waals surface area (Å²) in [5.41, 5.74) is 1.07. The van der Waals surface area contributed by atoms with E-state index in [9.17, 15) is 48.3 Å². The summed E-state index contributed by atoms with van der Waals surface area (Å²) in [5, 5.41) is 22.9. The first-order valence-corrected chi connectivity index (χ1v) is 26.6. The van der Waals surface area contributed by atoms with Crippen molar-refractivity contribution in [1.29, 1.82) is 0 Å². The largest absolute Gasteiger partial charge is 0.497 e. The quantitative estimate of drug-likeness (QED) is 0.128. The van der Waals surface area contributed by atoms with E-state index >= 15 is 0 Å². The number of hydrogen-bond acceptors (Lipinski definition) is 13. The van der Waals surface area contributed by atoms with Gasteiger partial charge in [0.25, 0.3) is 0 Å². The number of nitrogens with zero attached hydrogens (tertiary/aromatic N) is 3. The first kappa shape index (κ1) is 62.0. The van der Waals surface area contributed by atoms with Crippen molar-refractivity contribution in [1.82, 2.24) is 30.7 Å². The maximum absolute atomic E-state index is 14.9. The lowest BCUT2D eigenvalue weighted by atomic mass is 9.91. The molecule has 5 N–H and O–H groups in total. The maximum Gasteiger partial charge on any atom is 0.329 e. The minimum absolute atomic E-state index is 0.104. The van der Waals surface area contributed by atoms with Crippen molar-refractivity contribution >= 4 is 59.0 Å². The van der Waals surface area contributed by atoms with Gasteiger partial charge in [-0.05, 0) is 93.0 Å². The number of carbonyl (C=O) groups excluding carboxylic acids is 9. The monoisotopic (exact) mass is 1060 g/mol. The molecule has 0 aromatic heterocycles. The number of esters is 2. The van der Waals surface area contributed by atoms with Gasteiger partial charge in [0, 0.05) is 32.7 Å². The number of aliphatic hydroxyl groups is 1. The van der Waals surface area contributed by atoms with Gasteiger partial charge in [0.2, 0.25) is 29.5 Å². The molecule has 420 valence electrons. The topological polar surface area (TPSA) is 259 Å². The van der Waals surface area contributed by atoms with Crippen molar-refractivity contribution in [2.24, 2.45) is 29.6 Å². The standard InChI is InChI=1S/C56H83N7O13/c1-14-34(8)46-44(64)30-45(65)76-49(33(6)7)48(66)35(9)50(67)58-40(27-31(2)3)53(70)63-26-18-21-41(63)54(71)61(11)43(29-37-22-24-39(74-13)25-23-37)55(72)75-36(10)47(52(69)59-46)60-51(68)42(28-32(4)5)62(12)56(73)57-38-19-16-15-17-20-38/h15-17,19-20,22-25,31-36,40-44,46-47,49,64H,14,18,21,26-30H2,1-13H3,(H,57,73)(H,58,67)(H,59,69)(H,60,68)/t34-,35-,36+,40-,41?,42+,43-,44-,46?,47-,49-/m0/s1. The summed E-state index contributed by atoms with van der Waals surface area (Å²) in [4.78, 5) is 133. The van der Waals surface area contributed by atoms with E-state index in [0.717, 1.165) is 0 Å². The summed E-state index contributed by atoms with van der Waals surface area (Å²) in [5.74, 6) is -8.66. The fourth-order valence-electron chi connectivity index (χ4n) is 9.48. The van der Waals surface area contributed by atoms with Gasteiger partial charge in [-0.3, -0.25) is 33.6 Å². The number of rotatable bonds is 14. The van der Waals surface area contributed by atoms with Crippen molar-refractivity contribution < 1.29 is 62.5 Å². The van der Waals surface area contributed by atoms with Gasteiger partial charge in [0.1, 0.15) is 42.1 Å². The van der Waals surface area contributed by atoms with Crippen molar-refractivity contribution in [3.63, 3.8) is 0 Å². The Morgan fingerprint density at radius 2 is 1.51 bits per heavy atom. The van der Waals surface area contributed by atoms with E-state index in [-0.39, 0.29) is 44.1 Å². The number of cyclic esters (lactones) is 2. The molecule has 2 aromatic rings. The summed E-state index contributed by atoms with van der Waals surface area (Å²) < 4.78 is 17.2. The average Bonchev–Trinajstić information content (AvgIpc) is 3.87. The fraction of sp³-hybridized carbons (Fsp3) is 0.625. The molecule has 20 heteroatoms. The number of fused-ring (bicyclic) bond motifs is 1. The molecule has 2 aliphatic rings. The molecule has 2 unspecified atom stereocenters. The highest BCUT2D eigenvalue weighted by Gasteiger charge is 2.45. The molecule has 76 heavy (non-hydrogen) atoms. The molecule has 2 heterocycles. The predicted molar refractivity (Wildman–Crippen MR) is 284 cm³/mol. The fourth-order valence-corrected chi connectivity index (χ4v) is 9.48. The van der Waals surface area contributed by atoms with Gasteiger partial charge >= 0.3 is 18.0 Å². The van der Waals surface area contributed by atoms with Crippen molar-refractivity contribution in [3.05, 3.63) is 60.2 Å². The third-order valence-electron chi connectivity index (χ3n) is 14.3. The van der Waals surface area contributed by atoms with Crippen molar-refractivity contribution in [3.8, 4) is 5.75 Å². The number of ether oxygens (including phenoxy) is 3. The number of hydrogen-bond donors (Lipinski definition) is 5. The minimum atomic E-state index is -1.71. The second kappa shape index (κ2) is 28.5. The van der Waals surface area contributed by atoms with Gasteiger partial charge in [0.05, 0.1) is 31.6 Å². The maximum atomic E-state index is 14.9. The number of urea groups is 1. The van der Waals surface area contributed by atoms with Crippen LogP contribution in [-0.4, -0.2) is 155 Å². The Labute approximate surface area is 448 Å². The Morgan fingerprint density at radius 3 is 2.09 bits per heavy atom. The molecule has 0 spiro atoms. The number of ketones is 1. The number of aliphatic hydroxyl groups excluding tert-OH is 1. The molecule has 2 aliphatic heterocycles. The Balaban J connectivity index is 1.88. The lowest BCUT2D eigenvalue weighted by Crippen LogP contribution is -2.61. The summed E-state index contributed by atoms with van der Waals surface area (Å²) in [7, 11) is 4.35. The summed E-state index contributed by atoms with van der Waals surface area (Å²) in [6.07, 6.45) is -4.06. The number of Topliss-reactive ketones (excluding diaryl/α,β-unsaturated/α-hetero) is 1. The van der Waals surface area contributed by atoms with E-state index in [1.807, 2.05) is 27.7 Å². The number of likely N-dealkylation sites (N-methyl/N-ethyl adjacent to an activating group) is 2.